The Morgan fingerprint density at radius 2 is 2.08 bits per heavy atom. The molecule has 24 heavy (non-hydrogen) atoms. The first-order chi connectivity index (χ1) is 11.7. The summed E-state index contributed by atoms with van der Waals surface area (Å²) in [4.78, 5) is 0. The van der Waals surface area contributed by atoms with Gasteiger partial charge in [-0.25, -0.2) is 0 Å². The minimum Gasteiger partial charge on any atom is -0.491 e. The van der Waals surface area contributed by atoms with E-state index >= 15 is 0 Å². The lowest BCUT2D eigenvalue weighted by atomic mass is 10.1. The van der Waals surface area contributed by atoms with Crippen LogP contribution >= 0.6 is 0 Å². The lowest BCUT2D eigenvalue weighted by Gasteiger charge is -2.16. The number of nitrogens with one attached hydrogen (secondary N) is 1. The van der Waals surface area contributed by atoms with Gasteiger partial charge in [0.2, 0.25) is 0 Å². The van der Waals surface area contributed by atoms with E-state index in [2.05, 4.69) is 35.3 Å². The third-order valence-electron chi connectivity index (χ3n) is 4.55. The van der Waals surface area contributed by atoms with Crippen molar-refractivity contribution < 1.29 is 9.47 Å². The average molecular weight is 326 g/mol. The summed E-state index contributed by atoms with van der Waals surface area (Å²) < 4.78 is 13.8. The van der Waals surface area contributed by atoms with Crippen LogP contribution < -0.4 is 4.74 Å². The summed E-state index contributed by atoms with van der Waals surface area (Å²) in [5.41, 5.74) is 2.92. The van der Waals surface area contributed by atoms with Crippen LogP contribution in [0.2, 0.25) is 0 Å². The van der Waals surface area contributed by atoms with Gasteiger partial charge in [0, 0.05) is 30.2 Å². The van der Waals surface area contributed by atoms with Gasteiger partial charge in [-0.15, -0.1) is 0 Å². The first kappa shape index (κ1) is 15.2. The zero-order valence-corrected chi connectivity index (χ0v) is 14.0. The van der Waals surface area contributed by atoms with E-state index < -0.39 is 0 Å². The minimum absolute atomic E-state index is 0.112. The molecule has 4 rings (SSSR count). The van der Waals surface area contributed by atoms with Crippen LogP contribution in [0.1, 0.15) is 32.7 Å². The SMILES string of the molecule is C[C@@H]1CCOCC[C@H](C)n2cc(cn2)-c2n[nH]c3ccc(cc23)O1. The lowest BCUT2D eigenvalue weighted by Crippen LogP contribution is -2.15. The Hall–Kier alpha value is -2.34. The monoisotopic (exact) mass is 326 g/mol. The van der Waals surface area contributed by atoms with Gasteiger partial charge in [0.15, 0.2) is 0 Å². The van der Waals surface area contributed by atoms with Crippen LogP contribution in [0.3, 0.4) is 0 Å². The van der Waals surface area contributed by atoms with E-state index in [0.29, 0.717) is 12.6 Å². The van der Waals surface area contributed by atoms with Crippen LogP contribution in [0.5, 0.6) is 5.75 Å². The van der Waals surface area contributed by atoms with Gasteiger partial charge in [-0.05, 0) is 38.5 Å². The lowest BCUT2D eigenvalue weighted by molar-refractivity contribution is 0.0899. The summed E-state index contributed by atoms with van der Waals surface area (Å²) in [7, 11) is 0. The molecule has 1 aliphatic heterocycles. The van der Waals surface area contributed by atoms with E-state index in [4.69, 9.17) is 9.47 Å². The van der Waals surface area contributed by atoms with Crippen LogP contribution in [0.15, 0.2) is 30.6 Å². The smallest absolute Gasteiger partial charge is 0.120 e. The maximum Gasteiger partial charge on any atom is 0.120 e. The molecule has 0 unspecified atom stereocenters. The predicted molar refractivity (Wildman–Crippen MR) is 92.2 cm³/mol. The third kappa shape index (κ3) is 2.89. The van der Waals surface area contributed by atoms with E-state index in [1.165, 1.54) is 0 Å². The fourth-order valence-corrected chi connectivity index (χ4v) is 3.02. The molecule has 1 aromatic carbocycles. The highest BCUT2D eigenvalue weighted by molar-refractivity contribution is 5.93. The van der Waals surface area contributed by atoms with Crippen molar-refractivity contribution in [3.63, 3.8) is 0 Å². The fourth-order valence-electron chi connectivity index (χ4n) is 3.02. The van der Waals surface area contributed by atoms with E-state index in [0.717, 1.165) is 47.4 Å². The molecule has 0 amide bonds. The Balaban J connectivity index is 1.78. The second-order valence-corrected chi connectivity index (χ2v) is 6.46. The maximum absolute atomic E-state index is 6.04. The highest BCUT2D eigenvalue weighted by Crippen LogP contribution is 2.30. The highest BCUT2D eigenvalue weighted by atomic mass is 16.5. The van der Waals surface area contributed by atoms with Crippen LogP contribution in [0.25, 0.3) is 22.2 Å². The molecule has 2 aromatic heterocycles. The predicted octanol–water partition coefficient (Wildman–Crippen LogP) is 3.57. The number of nitrogens with zero attached hydrogens (tertiary/aromatic N) is 3. The number of benzene rings is 1. The Morgan fingerprint density at radius 3 is 3.00 bits per heavy atom. The van der Waals surface area contributed by atoms with Crippen LogP contribution in [0.4, 0.5) is 0 Å². The number of aromatic amines is 1. The van der Waals surface area contributed by atoms with Crippen molar-refractivity contribution >= 4 is 10.9 Å². The summed E-state index contributed by atoms with van der Waals surface area (Å²) in [6.07, 6.45) is 5.84. The molecule has 0 spiro atoms. The highest BCUT2D eigenvalue weighted by Gasteiger charge is 2.15. The van der Waals surface area contributed by atoms with Crippen molar-refractivity contribution in [2.75, 3.05) is 13.2 Å². The minimum atomic E-state index is 0.112. The Labute approximate surface area is 140 Å². The van der Waals surface area contributed by atoms with Gasteiger partial charge in [-0.1, -0.05) is 0 Å². The number of fused-ring (bicyclic) bond motifs is 4. The first-order valence-electron chi connectivity index (χ1n) is 8.48. The number of ether oxygens (including phenoxy) is 2. The van der Waals surface area contributed by atoms with Crippen molar-refractivity contribution in [1.82, 2.24) is 20.0 Å². The average Bonchev–Trinajstić information content (AvgIpc) is 3.19. The van der Waals surface area contributed by atoms with Gasteiger partial charge in [-0.2, -0.15) is 10.2 Å². The van der Waals surface area contributed by atoms with Gasteiger partial charge in [0.25, 0.3) is 0 Å². The van der Waals surface area contributed by atoms with Crippen LogP contribution in [-0.4, -0.2) is 39.3 Å². The Bertz CT molecular complexity index is 839. The zero-order chi connectivity index (χ0) is 16.5. The molecule has 1 N–H and O–H groups in total. The molecule has 3 heterocycles. The molecule has 126 valence electrons. The summed E-state index contributed by atoms with van der Waals surface area (Å²) in [6, 6.07) is 6.32. The molecule has 6 nitrogen and oxygen atoms in total. The first-order valence-corrected chi connectivity index (χ1v) is 8.48. The molecule has 3 aromatic rings. The molecule has 0 saturated carbocycles. The van der Waals surface area contributed by atoms with Gasteiger partial charge >= 0.3 is 0 Å². The molecule has 6 heteroatoms. The molecule has 0 aliphatic carbocycles. The van der Waals surface area contributed by atoms with Gasteiger partial charge in [-0.3, -0.25) is 9.78 Å². The molecule has 2 atom stereocenters. The third-order valence-corrected chi connectivity index (χ3v) is 4.55. The van der Waals surface area contributed by atoms with E-state index in [9.17, 15) is 0 Å². The van der Waals surface area contributed by atoms with Crippen molar-refractivity contribution in [3.05, 3.63) is 30.6 Å². The van der Waals surface area contributed by atoms with E-state index in [1.54, 1.807) is 0 Å². The summed E-state index contributed by atoms with van der Waals surface area (Å²) in [6.45, 7) is 5.67. The standard InChI is InChI=1S/C18H22N4O2/c1-12-5-7-23-8-6-13(2)24-15-3-4-17-16(9-15)18(21-20-17)14-10-19-22(12)11-14/h3-4,9-13H,5-8H2,1-2H3,(H,20,21)/t12-,13+/m0/s1. The molecule has 0 radical (unpaired) electrons. The number of aromatic nitrogens is 4. The van der Waals surface area contributed by atoms with Gasteiger partial charge < -0.3 is 9.47 Å². The quantitative estimate of drug-likeness (QED) is 0.686. The van der Waals surface area contributed by atoms with Crippen LogP contribution in [0, 0.1) is 0 Å². The van der Waals surface area contributed by atoms with E-state index in [1.807, 2.05) is 29.1 Å². The molecular formula is C18H22N4O2. The van der Waals surface area contributed by atoms with Crippen molar-refractivity contribution in [3.8, 4) is 17.0 Å². The summed E-state index contributed by atoms with van der Waals surface area (Å²) >= 11 is 0. The number of H-pyrrole nitrogens is 1. The molecule has 0 saturated heterocycles. The topological polar surface area (TPSA) is 65.0 Å². The molecular weight excluding hydrogens is 304 g/mol. The van der Waals surface area contributed by atoms with Crippen molar-refractivity contribution in [2.45, 2.75) is 38.8 Å². The molecule has 1 aliphatic rings. The van der Waals surface area contributed by atoms with Gasteiger partial charge in [0.1, 0.15) is 11.4 Å². The number of rotatable bonds is 0. The largest absolute Gasteiger partial charge is 0.491 e. The van der Waals surface area contributed by atoms with Crippen LogP contribution in [-0.2, 0) is 4.74 Å². The number of hydrogen-bond donors (Lipinski definition) is 1. The second kappa shape index (κ2) is 6.28. The van der Waals surface area contributed by atoms with Crippen molar-refractivity contribution in [2.24, 2.45) is 0 Å². The Morgan fingerprint density at radius 1 is 1.21 bits per heavy atom. The second-order valence-electron chi connectivity index (χ2n) is 6.46. The fraction of sp³-hybridized carbons (Fsp3) is 0.444. The van der Waals surface area contributed by atoms with E-state index in [-0.39, 0.29) is 6.10 Å². The number of hydrogen-bond acceptors (Lipinski definition) is 4. The molecule has 4 bridgehead atoms. The Kier molecular flexibility index (Phi) is 3.98. The summed E-state index contributed by atoms with van der Waals surface area (Å²) in [5, 5.41) is 13.1. The normalized spacial score (nSPS) is 22.1. The maximum atomic E-state index is 6.04. The zero-order valence-electron chi connectivity index (χ0n) is 14.0. The van der Waals surface area contributed by atoms with Gasteiger partial charge in [0.05, 0.1) is 30.5 Å². The van der Waals surface area contributed by atoms with Crippen molar-refractivity contribution in [1.29, 1.82) is 0 Å². The summed E-state index contributed by atoms with van der Waals surface area (Å²) in [5.74, 6) is 0.855. The molecule has 0 fully saturated rings.